The molecule has 0 heterocycles. The van der Waals surface area contributed by atoms with E-state index in [0.717, 1.165) is 11.8 Å². The van der Waals surface area contributed by atoms with Crippen LogP contribution in [0.4, 0.5) is 0 Å². The van der Waals surface area contributed by atoms with Crippen molar-refractivity contribution in [1.29, 1.82) is 0 Å². The fourth-order valence-electron chi connectivity index (χ4n) is 2.55. The van der Waals surface area contributed by atoms with Crippen LogP contribution in [0.15, 0.2) is 0 Å². The van der Waals surface area contributed by atoms with Crippen molar-refractivity contribution in [2.24, 2.45) is 5.92 Å². The summed E-state index contributed by atoms with van der Waals surface area (Å²) in [4.78, 5) is 2.52. The maximum atomic E-state index is 5.66. The molecule has 0 atom stereocenters. The smallest absolute Gasteiger partial charge is 0.0223 e. The number of alkyl halides is 1. The molecule has 0 spiro atoms. The minimum Gasteiger partial charge on any atom is -0.306 e. The number of nitrogens with zero attached hydrogens (tertiary/aromatic N) is 1. The van der Waals surface area contributed by atoms with E-state index in [1.807, 2.05) is 0 Å². The molecule has 1 aliphatic rings. The highest BCUT2D eigenvalue weighted by atomic mass is 35.5. The molecule has 1 fully saturated rings. The van der Waals surface area contributed by atoms with E-state index in [9.17, 15) is 0 Å². The maximum absolute atomic E-state index is 5.66. The zero-order valence-corrected chi connectivity index (χ0v) is 10.9. The molecule has 0 aromatic heterocycles. The Morgan fingerprint density at radius 1 is 1.07 bits per heavy atom. The van der Waals surface area contributed by atoms with Gasteiger partial charge in [-0.15, -0.1) is 11.6 Å². The van der Waals surface area contributed by atoms with Crippen molar-refractivity contribution in [3.05, 3.63) is 0 Å². The molecule has 0 aromatic rings. The Bertz CT molecular complexity index is 143. The van der Waals surface area contributed by atoms with Crippen LogP contribution in [0.25, 0.3) is 0 Å². The summed E-state index contributed by atoms with van der Waals surface area (Å²) in [6.45, 7) is 2.58. The number of halogens is 1. The monoisotopic (exact) mass is 231 g/mol. The van der Waals surface area contributed by atoms with Crippen molar-refractivity contribution < 1.29 is 0 Å². The largest absolute Gasteiger partial charge is 0.306 e. The van der Waals surface area contributed by atoms with Crippen LogP contribution in [0.5, 0.6) is 0 Å². The molecule has 0 amide bonds. The Kier molecular flexibility index (Phi) is 7.46. The van der Waals surface area contributed by atoms with Gasteiger partial charge in [0.25, 0.3) is 0 Å². The van der Waals surface area contributed by atoms with Crippen molar-refractivity contribution in [3.8, 4) is 0 Å². The summed E-state index contributed by atoms with van der Waals surface area (Å²) in [6.07, 6.45) is 11.1. The Morgan fingerprint density at radius 3 is 2.47 bits per heavy atom. The van der Waals surface area contributed by atoms with Crippen LogP contribution in [0.2, 0.25) is 0 Å². The van der Waals surface area contributed by atoms with Crippen molar-refractivity contribution in [2.45, 2.75) is 51.4 Å². The van der Waals surface area contributed by atoms with Crippen LogP contribution in [0.3, 0.4) is 0 Å². The standard InChI is InChI=1S/C13H26ClN/c1-15(11-7-3-6-10-14)12-13-8-4-2-5-9-13/h13H,2-12H2,1H3. The summed E-state index contributed by atoms with van der Waals surface area (Å²) in [5.74, 6) is 1.81. The summed E-state index contributed by atoms with van der Waals surface area (Å²) < 4.78 is 0. The summed E-state index contributed by atoms with van der Waals surface area (Å²) >= 11 is 5.66. The molecule has 1 nitrogen and oxygen atoms in total. The molecule has 15 heavy (non-hydrogen) atoms. The highest BCUT2D eigenvalue weighted by molar-refractivity contribution is 6.17. The zero-order valence-electron chi connectivity index (χ0n) is 10.2. The third-order valence-electron chi connectivity index (χ3n) is 3.47. The number of hydrogen-bond acceptors (Lipinski definition) is 1. The van der Waals surface area contributed by atoms with Gasteiger partial charge in [0, 0.05) is 12.4 Å². The average molecular weight is 232 g/mol. The summed E-state index contributed by atoms with van der Waals surface area (Å²) in [7, 11) is 2.27. The lowest BCUT2D eigenvalue weighted by Gasteiger charge is -2.26. The topological polar surface area (TPSA) is 3.24 Å². The van der Waals surface area contributed by atoms with Gasteiger partial charge in [-0.25, -0.2) is 0 Å². The molecule has 0 radical (unpaired) electrons. The van der Waals surface area contributed by atoms with Gasteiger partial charge in [0.1, 0.15) is 0 Å². The lowest BCUT2D eigenvalue weighted by Crippen LogP contribution is -2.27. The molecular weight excluding hydrogens is 206 g/mol. The van der Waals surface area contributed by atoms with Gasteiger partial charge in [-0.2, -0.15) is 0 Å². The van der Waals surface area contributed by atoms with Gasteiger partial charge < -0.3 is 4.90 Å². The van der Waals surface area contributed by atoms with Crippen LogP contribution in [0, 0.1) is 5.92 Å². The van der Waals surface area contributed by atoms with E-state index in [0.29, 0.717) is 0 Å². The van der Waals surface area contributed by atoms with E-state index < -0.39 is 0 Å². The quantitative estimate of drug-likeness (QED) is 0.475. The second-order valence-corrected chi connectivity index (χ2v) is 5.39. The zero-order chi connectivity index (χ0) is 10.9. The van der Waals surface area contributed by atoms with Crippen LogP contribution >= 0.6 is 11.6 Å². The second kappa shape index (κ2) is 8.41. The molecule has 0 aliphatic heterocycles. The predicted octanol–water partition coefficient (Wildman–Crippen LogP) is 3.91. The molecule has 0 aromatic carbocycles. The van der Waals surface area contributed by atoms with Crippen LogP contribution in [-0.4, -0.2) is 30.9 Å². The first-order chi connectivity index (χ1) is 7.33. The molecule has 1 rings (SSSR count). The molecule has 0 bridgehead atoms. The SMILES string of the molecule is CN(CCCCCCl)CC1CCCCC1. The normalized spacial score (nSPS) is 18.6. The first-order valence-electron chi connectivity index (χ1n) is 6.57. The van der Waals surface area contributed by atoms with E-state index in [1.54, 1.807) is 0 Å². The van der Waals surface area contributed by atoms with E-state index in [-0.39, 0.29) is 0 Å². The third kappa shape index (κ3) is 6.42. The van der Waals surface area contributed by atoms with Crippen molar-refractivity contribution in [2.75, 3.05) is 26.0 Å². The summed E-state index contributed by atoms with van der Waals surface area (Å²) in [6, 6.07) is 0. The fraction of sp³-hybridized carbons (Fsp3) is 1.00. The minimum absolute atomic E-state index is 0.826. The summed E-state index contributed by atoms with van der Waals surface area (Å²) in [5, 5.41) is 0. The summed E-state index contributed by atoms with van der Waals surface area (Å²) in [5.41, 5.74) is 0. The van der Waals surface area contributed by atoms with Crippen molar-refractivity contribution in [1.82, 2.24) is 4.90 Å². The van der Waals surface area contributed by atoms with Crippen LogP contribution in [-0.2, 0) is 0 Å². The van der Waals surface area contributed by atoms with Gasteiger partial charge in [0.2, 0.25) is 0 Å². The second-order valence-electron chi connectivity index (χ2n) is 5.02. The lowest BCUT2D eigenvalue weighted by molar-refractivity contribution is 0.230. The van der Waals surface area contributed by atoms with Crippen LogP contribution < -0.4 is 0 Å². The Labute approximate surface area is 100 Å². The Morgan fingerprint density at radius 2 is 1.80 bits per heavy atom. The van der Waals surface area contributed by atoms with Gasteiger partial charge >= 0.3 is 0 Å². The van der Waals surface area contributed by atoms with Gasteiger partial charge in [-0.1, -0.05) is 25.7 Å². The Balaban J connectivity index is 1.98. The molecule has 90 valence electrons. The number of rotatable bonds is 7. The maximum Gasteiger partial charge on any atom is 0.0223 e. The predicted molar refractivity (Wildman–Crippen MR) is 68.6 cm³/mol. The first kappa shape index (κ1) is 13.3. The van der Waals surface area contributed by atoms with Gasteiger partial charge in [-0.05, 0) is 45.2 Å². The molecule has 0 unspecified atom stereocenters. The average Bonchev–Trinajstić information content (AvgIpc) is 2.26. The minimum atomic E-state index is 0.826. The molecular formula is C13H26ClN. The van der Waals surface area contributed by atoms with Gasteiger partial charge in [0.05, 0.1) is 0 Å². The molecule has 0 saturated heterocycles. The molecule has 0 N–H and O–H groups in total. The lowest BCUT2D eigenvalue weighted by atomic mass is 9.89. The van der Waals surface area contributed by atoms with E-state index in [1.165, 1.54) is 64.5 Å². The molecule has 1 saturated carbocycles. The third-order valence-corrected chi connectivity index (χ3v) is 3.74. The number of hydrogen-bond donors (Lipinski definition) is 0. The van der Waals surface area contributed by atoms with E-state index >= 15 is 0 Å². The van der Waals surface area contributed by atoms with Gasteiger partial charge in [0.15, 0.2) is 0 Å². The first-order valence-corrected chi connectivity index (χ1v) is 7.11. The van der Waals surface area contributed by atoms with Crippen molar-refractivity contribution in [3.63, 3.8) is 0 Å². The van der Waals surface area contributed by atoms with E-state index in [4.69, 9.17) is 11.6 Å². The molecule has 1 aliphatic carbocycles. The van der Waals surface area contributed by atoms with Crippen LogP contribution in [0.1, 0.15) is 51.4 Å². The van der Waals surface area contributed by atoms with E-state index in [2.05, 4.69) is 11.9 Å². The van der Waals surface area contributed by atoms with Crippen molar-refractivity contribution >= 4 is 11.6 Å². The number of unbranched alkanes of at least 4 members (excludes halogenated alkanes) is 2. The highest BCUT2D eigenvalue weighted by Crippen LogP contribution is 2.24. The molecule has 2 heteroatoms. The Hall–Kier alpha value is 0.250. The van der Waals surface area contributed by atoms with Gasteiger partial charge in [-0.3, -0.25) is 0 Å². The fourth-order valence-corrected chi connectivity index (χ4v) is 2.74. The highest BCUT2D eigenvalue weighted by Gasteiger charge is 2.14.